The lowest BCUT2D eigenvalue weighted by Gasteiger charge is -2.13. The van der Waals surface area contributed by atoms with Gasteiger partial charge in [0.25, 0.3) is 0 Å². The Bertz CT molecular complexity index is 409. The largest absolute Gasteiger partial charge is 0.411 e. The van der Waals surface area contributed by atoms with Crippen molar-refractivity contribution in [1.82, 2.24) is 0 Å². The standard InChI is InChI=1S/C12H13BrF4O2/c13-11-8(2-1-3-10(11)14)6-9(18)4-5-19-7-12(15,16)17/h1-3,9,18H,4-7H2. The first-order valence-corrected chi connectivity index (χ1v) is 6.34. The van der Waals surface area contributed by atoms with Gasteiger partial charge in [0.05, 0.1) is 10.6 Å². The highest BCUT2D eigenvalue weighted by atomic mass is 79.9. The number of ether oxygens (including phenoxy) is 1. The zero-order valence-electron chi connectivity index (χ0n) is 9.88. The topological polar surface area (TPSA) is 29.5 Å². The molecule has 0 saturated carbocycles. The summed E-state index contributed by atoms with van der Waals surface area (Å²) in [5, 5.41) is 9.64. The lowest BCUT2D eigenvalue weighted by molar-refractivity contribution is -0.175. The number of hydrogen-bond donors (Lipinski definition) is 1. The summed E-state index contributed by atoms with van der Waals surface area (Å²) < 4.78 is 53.2. The molecule has 0 fully saturated rings. The van der Waals surface area contributed by atoms with Crippen LogP contribution in [0.2, 0.25) is 0 Å². The molecule has 1 unspecified atom stereocenters. The van der Waals surface area contributed by atoms with Gasteiger partial charge in [-0.1, -0.05) is 12.1 Å². The Balaban J connectivity index is 2.35. The summed E-state index contributed by atoms with van der Waals surface area (Å²) in [6, 6.07) is 4.40. The second-order valence-electron chi connectivity index (χ2n) is 4.03. The summed E-state index contributed by atoms with van der Waals surface area (Å²) >= 11 is 3.05. The van der Waals surface area contributed by atoms with Crippen LogP contribution in [0.4, 0.5) is 17.6 Å². The maximum atomic E-state index is 13.2. The van der Waals surface area contributed by atoms with E-state index in [4.69, 9.17) is 0 Å². The van der Waals surface area contributed by atoms with Crippen LogP contribution in [0.3, 0.4) is 0 Å². The van der Waals surface area contributed by atoms with E-state index in [-0.39, 0.29) is 23.9 Å². The van der Waals surface area contributed by atoms with Crippen molar-refractivity contribution in [2.45, 2.75) is 25.1 Å². The van der Waals surface area contributed by atoms with Crippen molar-refractivity contribution < 1.29 is 27.4 Å². The molecule has 0 aliphatic rings. The number of aliphatic hydroxyl groups excluding tert-OH is 1. The Hall–Kier alpha value is -0.660. The lowest BCUT2D eigenvalue weighted by Crippen LogP contribution is -2.20. The van der Waals surface area contributed by atoms with Crippen molar-refractivity contribution in [2.24, 2.45) is 0 Å². The summed E-state index contributed by atoms with van der Waals surface area (Å²) in [6.45, 7) is -1.53. The van der Waals surface area contributed by atoms with Crippen LogP contribution in [-0.4, -0.2) is 30.6 Å². The van der Waals surface area contributed by atoms with Gasteiger partial charge >= 0.3 is 6.18 Å². The molecule has 19 heavy (non-hydrogen) atoms. The average molecular weight is 345 g/mol. The van der Waals surface area contributed by atoms with Crippen molar-refractivity contribution in [3.05, 3.63) is 34.1 Å². The molecule has 1 aromatic rings. The lowest BCUT2D eigenvalue weighted by atomic mass is 10.1. The summed E-state index contributed by atoms with van der Waals surface area (Å²) in [5.41, 5.74) is 0.559. The van der Waals surface area contributed by atoms with Crippen LogP contribution in [-0.2, 0) is 11.2 Å². The first-order chi connectivity index (χ1) is 8.79. The summed E-state index contributed by atoms with van der Waals surface area (Å²) in [6.07, 6.45) is -5.05. The SMILES string of the molecule is OC(CCOCC(F)(F)F)Cc1cccc(F)c1Br. The van der Waals surface area contributed by atoms with Gasteiger partial charge in [-0.05, 0) is 40.4 Å². The van der Waals surface area contributed by atoms with Crippen LogP contribution >= 0.6 is 15.9 Å². The van der Waals surface area contributed by atoms with E-state index in [9.17, 15) is 22.7 Å². The molecule has 7 heteroatoms. The van der Waals surface area contributed by atoms with Crippen molar-refractivity contribution in [3.8, 4) is 0 Å². The van der Waals surface area contributed by atoms with Crippen molar-refractivity contribution in [2.75, 3.05) is 13.2 Å². The summed E-state index contributed by atoms with van der Waals surface area (Å²) in [5.74, 6) is -0.446. The minimum Gasteiger partial charge on any atom is -0.393 e. The van der Waals surface area contributed by atoms with Gasteiger partial charge in [-0.15, -0.1) is 0 Å². The fourth-order valence-electron chi connectivity index (χ4n) is 1.47. The third-order valence-corrected chi connectivity index (χ3v) is 3.24. The van der Waals surface area contributed by atoms with Crippen LogP contribution in [0.1, 0.15) is 12.0 Å². The van der Waals surface area contributed by atoms with Crippen LogP contribution in [0.15, 0.2) is 22.7 Å². The highest BCUT2D eigenvalue weighted by molar-refractivity contribution is 9.10. The Kier molecular flexibility index (Phi) is 6.22. The molecule has 108 valence electrons. The first-order valence-electron chi connectivity index (χ1n) is 5.55. The van der Waals surface area contributed by atoms with Gasteiger partial charge in [-0.2, -0.15) is 13.2 Å². The highest BCUT2D eigenvalue weighted by Gasteiger charge is 2.27. The zero-order valence-corrected chi connectivity index (χ0v) is 11.5. The van der Waals surface area contributed by atoms with E-state index < -0.39 is 24.7 Å². The van der Waals surface area contributed by atoms with Crippen LogP contribution < -0.4 is 0 Å². The predicted molar refractivity (Wildman–Crippen MR) is 65.3 cm³/mol. The normalized spacial score (nSPS) is 13.6. The maximum Gasteiger partial charge on any atom is 0.411 e. The second-order valence-corrected chi connectivity index (χ2v) is 4.82. The number of benzene rings is 1. The number of hydrogen-bond acceptors (Lipinski definition) is 2. The van der Waals surface area contributed by atoms with E-state index in [1.807, 2.05) is 0 Å². The van der Waals surface area contributed by atoms with E-state index >= 15 is 0 Å². The highest BCUT2D eigenvalue weighted by Crippen LogP contribution is 2.22. The number of aliphatic hydroxyl groups is 1. The van der Waals surface area contributed by atoms with Gasteiger partial charge in [-0.3, -0.25) is 0 Å². The van der Waals surface area contributed by atoms with Gasteiger partial charge in [0.1, 0.15) is 12.4 Å². The summed E-state index contributed by atoms with van der Waals surface area (Å²) in [4.78, 5) is 0. The molecule has 0 amide bonds. The molecule has 1 N–H and O–H groups in total. The van der Waals surface area contributed by atoms with Gasteiger partial charge in [0, 0.05) is 6.61 Å². The monoisotopic (exact) mass is 344 g/mol. The Labute approximate surface area is 116 Å². The molecule has 1 rings (SSSR count). The third-order valence-electron chi connectivity index (χ3n) is 2.35. The molecule has 0 spiro atoms. The molecule has 0 bridgehead atoms. The van der Waals surface area contributed by atoms with Gasteiger partial charge in [0.2, 0.25) is 0 Å². The van der Waals surface area contributed by atoms with Crippen molar-refractivity contribution in [3.63, 3.8) is 0 Å². The number of alkyl halides is 3. The first kappa shape index (κ1) is 16.4. The Morgan fingerprint density at radius 3 is 2.63 bits per heavy atom. The predicted octanol–water partition coefficient (Wildman–Crippen LogP) is 3.46. The van der Waals surface area contributed by atoms with Crippen LogP contribution in [0, 0.1) is 5.82 Å². The molecule has 0 saturated heterocycles. The number of halogens is 5. The third kappa shape index (κ3) is 6.35. The van der Waals surface area contributed by atoms with E-state index in [1.165, 1.54) is 12.1 Å². The molecule has 1 atom stereocenters. The summed E-state index contributed by atoms with van der Waals surface area (Å²) in [7, 11) is 0. The molecule has 0 aliphatic heterocycles. The van der Waals surface area contributed by atoms with E-state index in [0.29, 0.717) is 5.56 Å². The fraction of sp³-hybridized carbons (Fsp3) is 0.500. The Morgan fingerprint density at radius 2 is 2.00 bits per heavy atom. The second kappa shape index (κ2) is 7.21. The van der Waals surface area contributed by atoms with Crippen molar-refractivity contribution >= 4 is 15.9 Å². The molecular formula is C12H13BrF4O2. The molecule has 0 radical (unpaired) electrons. The zero-order chi connectivity index (χ0) is 14.5. The number of rotatable bonds is 6. The molecule has 0 aromatic heterocycles. The Morgan fingerprint density at radius 1 is 1.32 bits per heavy atom. The smallest absolute Gasteiger partial charge is 0.393 e. The van der Waals surface area contributed by atoms with E-state index in [2.05, 4.69) is 20.7 Å². The molecule has 0 heterocycles. The van der Waals surface area contributed by atoms with E-state index in [0.717, 1.165) is 0 Å². The van der Waals surface area contributed by atoms with Crippen LogP contribution in [0.25, 0.3) is 0 Å². The minimum atomic E-state index is -4.36. The van der Waals surface area contributed by atoms with E-state index in [1.54, 1.807) is 6.07 Å². The minimum absolute atomic E-state index is 0.0546. The van der Waals surface area contributed by atoms with Crippen LogP contribution in [0.5, 0.6) is 0 Å². The van der Waals surface area contributed by atoms with Crippen molar-refractivity contribution in [1.29, 1.82) is 0 Å². The van der Waals surface area contributed by atoms with Gasteiger partial charge < -0.3 is 9.84 Å². The quantitative estimate of drug-likeness (QED) is 0.632. The maximum absolute atomic E-state index is 13.2. The molecular weight excluding hydrogens is 332 g/mol. The molecule has 1 aromatic carbocycles. The molecule has 0 aliphatic carbocycles. The average Bonchev–Trinajstić information content (AvgIpc) is 2.29. The fourth-order valence-corrected chi connectivity index (χ4v) is 1.90. The van der Waals surface area contributed by atoms with Gasteiger partial charge in [-0.25, -0.2) is 4.39 Å². The van der Waals surface area contributed by atoms with Gasteiger partial charge in [0.15, 0.2) is 0 Å². The molecule has 2 nitrogen and oxygen atoms in total.